The van der Waals surface area contributed by atoms with Gasteiger partial charge in [-0.2, -0.15) is 0 Å². The summed E-state index contributed by atoms with van der Waals surface area (Å²) in [5, 5.41) is 11.1. The van der Waals surface area contributed by atoms with Crippen LogP contribution in [0.5, 0.6) is 0 Å². The van der Waals surface area contributed by atoms with Crippen molar-refractivity contribution in [2.45, 2.75) is 32.0 Å². The van der Waals surface area contributed by atoms with Crippen molar-refractivity contribution in [2.24, 2.45) is 0 Å². The molecule has 0 spiro atoms. The zero-order valence-electron chi connectivity index (χ0n) is 17.1. The molecule has 3 aromatic rings. The molecule has 1 aliphatic heterocycles. The van der Waals surface area contributed by atoms with E-state index in [1.54, 1.807) is 34.0 Å². The number of halogens is 1. The van der Waals surface area contributed by atoms with Crippen molar-refractivity contribution in [2.75, 3.05) is 18.8 Å². The van der Waals surface area contributed by atoms with E-state index >= 15 is 0 Å². The number of thiophene rings is 1. The molecular formula is C20H22ClN7O3S. The maximum absolute atomic E-state index is 12.6. The Morgan fingerprint density at radius 1 is 1.25 bits per heavy atom. The number of nitrogens with two attached hydrogens (primary N) is 1. The maximum atomic E-state index is 12.6. The smallest absolute Gasteiger partial charge is 0.274 e. The monoisotopic (exact) mass is 475 g/mol. The molecule has 3 aromatic heterocycles. The standard InChI is InChI=1S/C20H22ClN7O3S/c21-17-4-3-16(32-17)19(30)23-10-13-11-28(25-24-13)14-5-8-26(9-6-14)18(29)12-27-7-1-2-15(22)20(27)31/h1-4,7,11,14H,5-6,8-10,12,22H2,(H,23,30). The van der Waals surface area contributed by atoms with Crippen LogP contribution in [0.25, 0.3) is 0 Å². The Hall–Kier alpha value is -3.18. The number of hydrogen-bond acceptors (Lipinski definition) is 7. The van der Waals surface area contributed by atoms with Crippen LogP contribution in [0.1, 0.15) is 34.2 Å². The molecule has 12 heteroatoms. The fourth-order valence-electron chi connectivity index (χ4n) is 3.57. The van der Waals surface area contributed by atoms with Crippen LogP contribution in [-0.2, 0) is 17.9 Å². The van der Waals surface area contributed by atoms with Crippen molar-refractivity contribution < 1.29 is 9.59 Å². The zero-order chi connectivity index (χ0) is 22.7. The number of likely N-dealkylation sites (tertiary alicyclic amines) is 1. The summed E-state index contributed by atoms with van der Waals surface area (Å²) < 4.78 is 3.67. The van der Waals surface area contributed by atoms with Gasteiger partial charge in [0.2, 0.25) is 5.91 Å². The van der Waals surface area contributed by atoms with E-state index in [0.717, 1.165) is 12.8 Å². The number of nitrogens with one attached hydrogen (secondary N) is 1. The van der Waals surface area contributed by atoms with Crippen LogP contribution in [0.15, 0.2) is 41.5 Å². The molecule has 3 N–H and O–H groups in total. The Kier molecular flexibility index (Phi) is 6.56. The second-order valence-corrected chi connectivity index (χ2v) is 9.20. The van der Waals surface area contributed by atoms with Crippen molar-refractivity contribution >= 4 is 40.4 Å². The number of rotatable bonds is 6. The van der Waals surface area contributed by atoms with Crippen molar-refractivity contribution in [1.29, 1.82) is 0 Å². The molecule has 0 radical (unpaired) electrons. The molecular weight excluding hydrogens is 454 g/mol. The molecule has 4 rings (SSSR count). The van der Waals surface area contributed by atoms with E-state index in [1.807, 2.05) is 6.20 Å². The first kappa shape index (κ1) is 22.0. The summed E-state index contributed by atoms with van der Waals surface area (Å²) in [6.45, 7) is 1.36. The van der Waals surface area contributed by atoms with Gasteiger partial charge < -0.3 is 20.5 Å². The Balaban J connectivity index is 1.27. The SMILES string of the molecule is Nc1cccn(CC(=O)N2CCC(n3cc(CNC(=O)c4ccc(Cl)s4)nn3)CC2)c1=O. The first-order chi connectivity index (χ1) is 15.4. The van der Waals surface area contributed by atoms with Gasteiger partial charge in [0.15, 0.2) is 0 Å². The Morgan fingerprint density at radius 2 is 2.03 bits per heavy atom. The summed E-state index contributed by atoms with van der Waals surface area (Å²) in [5.74, 6) is -0.325. The van der Waals surface area contributed by atoms with Crippen molar-refractivity contribution in [3.8, 4) is 0 Å². The molecule has 1 saturated heterocycles. The Morgan fingerprint density at radius 3 is 2.75 bits per heavy atom. The topological polar surface area (TPSA) is 128 Å². The van der Waals surface area contributed by atoms with Crippen molar-refractivity contribution in [3.05, 3.63) is 61.9 Å². The summed E-state index contributed by atoms with van der Waals surface area (Å²) >= 11 is 7.08. The summed E-state index contributed by atoms with van der Waals surface area (Å²) in [6.07, 6.45) is 4.82. The number of hydrogen-bond donors (Lipinski definition) is 2. The summed E-state index contributed by atoms with van der Waals surface area (Å²) in [6, 6.07) is 6.64. The number of nitrogens with zero attached hydrogens (tertiary/aromatic N) is 5. The fraction of sp³-hybridized carbons (Fsp3) is 0.350. The third-order valence-electron chi connectivity index (χ3n) is 5.33. The molecule has 0 saturated carbocycles. The highest BCUT2D eigenvalue weighted by atomic mass is 35.5. The molecule has 1 fully saturated rings. The minimum Gasteiger partial charge on any atom is -0.394 e. The second kappa shape index (κ2) is 9.53. The van der Waals surface area contributed by atoms with Gasteiger partial charge in [-0.15, -0.1) is 16.4 Å². The lowest BCUT2D eigenvalue weighted by Crippen LogP contribution is -2.42. The number of pyridine rings is 1. The van der Waals surface area contributed by atoms with Crippen LogP contribution in [0.3, 0.4) is 0 Å². The summed E-state index contributed by atoms with van der Waals surface area (Å²) in [4.78, 5) is 39.0. The normalized spacial score (nSPS) is 14.5. The minimum absolute atomic E-state index is 0.0306. The van der Waals surface area contributed by atoms with Crippen LogP contribution < -0.4 is 16.6 Å². The van der Waals surface area contributed by atoms with E-state index in [1.165, 1.54) is 22.0 Å². The van der Waals surface area contributed by atoms with Crippen LogP contribution in [-0.4, -0.2) is 49.4 Å². The van der Waals surface area contributed by atoms with Gasteiger partial charge in [-0.25, -0.2) is 4.68 Å². The van der Waals surface area contributed by atoms with Gasteiger partial charge in [-0.1, -0.05) is 16.8 Å². The van der Waals surface area contributed by atoms with Gasteiger partial charge in [0.1, 0.15) is 12.2 Å². The van der Waals surface area contributed by atoms with Gasteiger partial charge in [0.25, 0.3) is 11.5 Å². The lowest BCUT2D eigenvalue weighted by molar-refractivity contribution is -0.133. The second-order valence-electron chi connectivity index (χ2n) is 7.48. The van der Waals surface area contributed by atoms with Crippen LogP contribution in [0.2, 0.25) is 4.34 Å². The molecule has 0 bridgehead atoms. The van der Waals surface area contributed by atoms with E-state index in [4.69, 9.17) is 17.3 Å². The Labute approximate surface area is 192 Å². The van der Waals surface area contributed by atoms with Gasteiger partial charge in [-0.3, -0.25) is 14.4 Å². The molecule has 0 aliphatic carbocycles. The molecule has 0 atom stereocenters. The fourth-order valence-corrected chi connectivity index (χ4v) is 4.53. The molecule has 168 valence electrons. The number of carbonyl (C=O) groups excluding carboxylic acids is 2. The molecule has 0 aromatic carbocycles. The average molecular weight is 476 g/mol. The average Bonchev–Trinajstić information content (AvgIpc) is 3.44. The van der Waals surface area contributed by atoms with E-state index in [9.17, 15) is 14.4 Å². The highest BCUT2D eigenvalue weighted by molar-refractivity contribution is 7.17. The quantitative estimate of drug-likeness (QED) is 0.556. The largest absolute Gasteiger partial charge is 0.394 e. The highest BCUT2D eigenvalue weighted by Gasteiger charge is 2.25. The van der Waals surface area contributed by atoms with Gasteiger partial charge in [0.05, 0.1) is 33.7 Å². The van der Waals surface area contributed by atoms with Gasteiger partial charge in [0, 0.05) is 19.3 Å². The van der Waals surface area contributed by atoms with Crippen LogP contribution in [0, 0.1) is 0 Å². The molecule has 1 aliphatic rings. The maximum Gasteiger partial charge on any atom is 0.274 e. The number of piperidine rings is 1. The van der Waals surface area contributed by atoms with Crippen molar-refractivity contribution in [1.82, 2.24) is 29.8 Å². The van der Waals surface area contributed by atoms with Gasteiger partial charge in [-0.05, 0) is 37.1 Å². The third-order valence-corrected chi connectivity index (χ3v) is 6.56. The molecule has 4 heterocycles. The number of amides is 2. The summed E-state index contributed by atoms with van der Waals surface area (Å²) in [5.41, 5.74) is 6.04. The summed E-state index contributed by atoms with van der Waals surface area (Å²) in [7, 11) is 0. The lowest BCUT2D eigenvalue weighted by atomic mass is 10.1. The predicted octanol–water partition coefficient (Wildman–Crippen LogP) is 1.53. The van der Waals surface area contributed by atoms with Crippen LogP contribution >= 0.6 is 22.9 Å². The first-order valence-corrected chi connectivity index (χ1v) is 11.3. The Bertz CT molecular complexity index is 1180. The van der Waals surface area contributed by atoms with Gasteiger partial charge >= 0.3 is 0 Å². The number of aromatic nitrogens is 4. The zero-order valence-corrected chi connectivity index (χ0v) is 18.7. The van der Waals surface area contributed by atoms with E-state index in [0.29, 0.717) is 28.0 Å². The first-order valence-electron chi connectivity index (χ1n) is 10.1. The number of anilines is 1. The molecule has 32 heavy (non-hydrogen) atoms. The van der Waals surface area contributed by atoms with E-state index in [2.05, 4.69) is 15.6 Å². The number of nitrogen functional groups attached to an aromatic ring is 1. The lowest BCUT2D eigenvalue weighted by Gasteiger charge is -2.32. The van der Waals surface area contributed by atoms with Crippen LogP contribution in [0.4, 0.5) is 5.69 Å². The van der Waals surface area contributed by atoms with E-state index in [-0.39, 0.29) is 42.2 Å². The van der Waals surface area contributed by atoms with E-state index < -0.39 is 0 Å². The number of carbonyl (C=O) groups is 2. The highest BCUT2D eigenvalue weighted by Crippen LogP contribution is 2.23. The van der Waals surface area contributed by atoms with Crippen molar-refractivity contribution in [3.63, 3.8) is 0 Å². The molecule has 10 nitrogen and oxygen atoms in total. The molecule has 0 unspecified atom stereocenters. The minimum atomic E-state index is -0.361. The molecule has 2 amide bonds. The third kappa shape index (κ3) is 5.00. The predicted molar refractivity (Wildman–Crippen MR) is 120 cm³/mol.